The molecule has 0 aliphatic carbocycles. The molecule has 19 heavy (non-hydrogen) atoms. The molecule has 2 aromatic heterocycles. The van der Waals surface area contributed by atoms with Crippen molar-refractivity contribution >= 4 is 45.0 Å². The summed E-state index contributed by atoms with van der Waals surface area (Å²) in [5.41, 5.74) is 8.33. The van der Waals surface area contributed by atoms with Gasteiger partial charge < -0.3 is 5.73 Å². The van der Waals surface area contributed by atoms with Gasteiger partial charge in [0.25, 0.3) is 0 Å². The number of nitrogens with two attached hydrogens (primary N) is 1. The molecule has 3 aromatic rings. The maximum Gasteiger partial charge on any atom is 0.239 e. The van der Waals surface area contributed by atoms with E-state index in [0.717, 1.165) is 16.6 Å². The SMILES string of the molecule is N#Cc1nncn1-c1cc(N)c2cnn(PI)c2c1. The van der Waals surface area contributed by atoms with Gasteiger partial charge in [0.1, 0.15) is 12.4 Å². The molecule has 0 spiro atoms. The van der Waals surface area contributed by atoms with Crippen LogP contribution in [0.2, 0.25) is 0 Å². The van der Waals surface area contributed by atoms with Crippen LogP contribution in [0.4, 0.5) is 5.69 Å². The van der Waals surface area contributed by atoms with Gasteiger partial charge in [-0.2, -0.15) is 10.4 Å². The quantitative estimate of drug-likeness (QED) is 0.414. The smallest absolute Gasteiger partial charge is 0.239 e. The molecule has 9 heteroatoms. The summed E-state index contributed by atoms with van der Waals surface area (Å²) in [6, 6.07) is 5.70. The minimum absolute atomic E-state index is 0.224. The third kappa shape index (κ3) is 1.95. The number of hydrogen-bond acceptors (Lipinski definition) is 5. The summed E-state index contributed by atoms with van der Waals surface area (Å²) in [5, 5.41) is 21.6. The van der Waals surface area contributed by atoms with Crippen molar-refractivity contribution in [3.8, 4) is 11.8 Å². The molecule has 0 amide bonds. The van der Waals surface area contributed by atoms with Gasteiger partial charge in [-0.15, -0.1) is 10.2 Å². The number of rotatable bonds is 2. The lowest BCUT2D eigenvalue weighted by molar-refractivity contribution is 1.01. The molecule has 2 heterocycles. The summed E-state index contributed by atoms with van der Waals surface area (Å²) in [7, 11) is 0. The standard InChI is InChI=1S/C10H7IN7P/c11-19-18-9-2-6(1-8(13)7(9)4-15-18)17-5-14-16-10(17)3-12/h1-2,4-5,19H,13H2. The molecule has 0 fully saturated rings. The first kappa shape index (κ1) is 12.3. The maximum atomic E-state index is 8.99. The van der Waals surface area contributed by atoms with Gasteiger partial charge in [0.15, 0.2) is 0 Å². The molecular weight excluding hydrogens is 376 g/mol. The Bertz CT molecular complexity index is 800. The predicted molar refractivity (Wildman–Crippen MR) is 81.5 cm³/mol. The molecule has 0 aliphatic heterocycles. The predicted octanol–water partition coefficient (Wildman–Crippen LogP) is 1.86. The van der Waals surface area contributed by atoms with Gasteiger partial charge in [-0.3, -0.25) is 4.57 Å². The average molecular weight is 383 g/mol. The zero-order valence-electron chi connectivity index (χ0n) is 9.45. The number of aromatic nitrogens is 5. The third-order valence-corrected chi connectivity index (χ3v) is 4.60. The molecule has 0 aliphatic rings. The normalized spacial score (nSPS) is 11.4. The Morgan fingerprint density at radius 1 is 1.42 bits per heavy atom. The molecule has 0 radical (unpaired) electrons. The van der Waals surface area contributed by atoms with Crippen LogP contribution >= 0.6 is 28.4 Å². The first-order valence-electron chi connectivity index (χ1n) is 5.19. The van der Waals surface area contributed by atoms with E-state index in [9.17, 15) is 0 Å². The van der Waals surface area contributed by atoms with E-state index in [1.807, 2.05) is 16.6 Å². The van der Waals surface area contributed by atoms with E-state index >= 15 is 0 Å². The van der Waals surface area contributed by atoms with Gasteiger partial charge in [0.2, 0.25) is 5.82 Å². The number of nitrogens with zero attached hydrogens (tertiary/aromatic N) is 6. The van der Waals surface area contributed by atoms with Crippen molar-refractivity contribution in [1.29, 1.82) is 5.26 Å². The lowest BCUT2D eigenvalue weighted by Gasteiger charge is -2.06. The van der Waals surface area contributed by atoms with Crippen LogP contribution in [0.1, 0.15) is 5.82 Å². The number of benzene rings is 1. The van der Waals surface area contributed by atoms with Gasteiger partial charge >= 0.3 is 0 Å². The Hall–Kier alpha value is -1.72. The van der Waals surface area contributed by atoms with Crippen molar-refractivity contribution in [2.45, 2.75) is 0 Å². The van der Waals surface area contributed by atoms with Crippen molar-refractivity contribution in [1.82, 2.24) is 24.3 Å². The van der Waals surface area contributed by atoms with E-state index in [1.54, 1.807) is 16.8 Å². The molecule has 1 unspecified atom stereocenters. The average Bonchev–Trinajstić information content (AvgIpc) is 3.04. The number of hydrogen-bond donors (Lipinski definition) is 1. The molecular formula is C10H7IN7P. The molecule has 1 aromatic carbocycles. The number of nitrogen functional groups attached to an aromatic ring is 1. The van der Waals surface area contributed by atoms with Gasteiger partial charge in [-0.05, 0) is 34.2 Å². The minimum Gasteiger partial charge on any atom is -0.398 e. The van der Waals surface area contributed by atoms with Gasteiger partial charge in [0.05, 0.1) is 23.8 Å². The molecule has 2 N–H and O–H groups in total. The highest BCUT2D eigenvalue weighted by molar-refractivity contribution is 14.2. The number of nitriles is 1. The second-order valence-corrected chi connectivity index (χ2v) is 5.78. The fraction of sp³-hybridized carbons (Fsp3) is 0. The first-order valence-corrected chi connectivity index (χ1v) is 9.25. The van der Waals surface area contributed by atoms with E-state index in [0.29, 0.717) is 12.1 Å². The highest BCUT2D eigenvalue weighted by Crippen LogP contribution is 2.32. The highest BCUT2D eigenvalue weighted by atomic mass is 127. The van der Waals surface area contributed by atoms with E-state index in [4.69, 9.17) is 11.0 Å². The van der Waals surface area contributed by atoms with E-state index < -0.39 is 0 Å². The Balaban J connectivity index is 2.29. The molecule has 0 saturated heterocycles. The fourth-order valence-electron chi connectivity index (χ4n) is 1.84. The van der Waals surface area contributed by atoms with E-state index in [-0.39, 0.29) is 5.82 Å². The molecule has 1 atom stereocenters. The van der Waals surface area contributed by atoms with Crippen LogP contribution in [-0.2, 0) is 0 Å². The minimum atomic E-state index is 0.224. The summed E-state index contributed by atoms with van der Waals surface area (Å²) >= 11 is 2.25. The summed E-state index contributed by atoms with van der Waals surface area (Å²) in [6.45, 7) is 0. The van der Waals surface area contributed by atoms with Crippen LogP contribution in [0.5, 0.6) is 0 Å². The van der Waals surface area contributed by atoms with Crippen molar-refractivity contribution in [2.75, 3.05) is 5.73 Å². The second kappa shape index (κ2) is 4.75. The summed E-state index contributed by atoms with van der Waals surface area (Å²) in [4.78, 5) is 0. The zero-order valence-corrected chi connectivity index (χ0v) is 12.6. The Morgan fingerprint density at radius 2 is 2.26 bits per heavy atom. The van der Waals surface area contributed by atoms with Crippen LogP contribution in [0.25, 0.3) is 16.6 Å². The van der Waals surface area contributed by atoms with E-state index in [2.05, 4.69) is 37.3 Å². The first-order chi connectivity index (χ1) is 9.24. The molecule has 0 saturated carbocycles. The summed E-state index contributed by atoms with van der Waals surface area (Å²) < 4.78 is 3.47. The van der Waals surface area contributed by atoms with Crippen LogP contribution in [-0.4, -0.2) is 24.3 Å². The Labute approximate surface area is 122 Å². The second-order valence-electron chi connectivity index (χ2n) is 3.75. The number of halogens is 1. The van der Waals surface area contributed by atoms with Crippen LogP contribution in [0, 0.1) is 11.3 Å². The third-order valence-electron chi connectivity index (χ3n) is 2.71. The van der Waals surface area contributed by atoms with Crippen molar-refractivity contribution in [2.24, 2.45) is 0 Å². The van der Waals surface area contributed by atoms with E-state index in [1.165, 1.54) is 6.33 Å². The van der Waals surface area contributed by atoms with Gasteiger partial charge in [-0.25, -0.2) is 4.45 Å². The monoisotopic (exact) mass is 383 g/mol. The summed E-state index contributed by atoms with van der Waals surface area (Å²) in [6.07, 6.45) is 3.72. The van der Waals surface area contributed by atoms with Crippen molar-refractivity contribution < 1.29 is 0 Å². The van der Waals surface area contributed by atoms with Gasteiger partial charge in [-0.1, -0.05) is 0 Å². The number of anilines is 1. The number of fused-ring (bicyclic) bond motifs is 1. The van der Waals surface area contributed by atoms with Crippen molar-refractivity contribution in [3.05, 3.63) is 30.5 Å². The molecule has 94 valence electrons. The highest BCUT2D eigenvalue weighted by Gasteiger charge is 2.11. The largest absolute Gasteiger partial charge is 0.398 e. The molecule has 7 nitrogen and oxygen atoms in total. The van der Waals surface area contributed by atoms with Crippen molar-refractivity contribution in [3.63, 3.8) is 0 Å². The maximum absolute atomic E-state index is 8.99. The van der Waals surface area contributed by atoms with Crippen LogP contribution in [0.3, 0.4) is 0 Å². The molecule has 0 bridgehead atoms. The van der Waals surface area contributed by atoms with Crippen LogP contribution < -0.4 is 5.73 Å². The Kier molecular flexibility index (Phi) is 3.08. The zero-order chi connectivity index (χ0) is 13.4. The molecule has 3 rings (SSSR count). The topological polar surface area (TPSA) is 98.3 Å². The Morgan fingerprint density at radius 3 is 3.00 bits per heavy atom. The summed E-state index contributed by atoms with van der Waals surface area (Å²) in [5.74, 6) is 0.224. The van der Waals surface area contributed by atoms with Gasteiger partial charge in [0, 0.05) is 11.1 Å². The van der Waals surface area contributed by atoms with Crippen LogP contribution in [0.15, 0.2) is 24.7 Å². The lowest BCUT2D eigenvalue weighted by atomic mass is 10.2. The fourth-order valence-corrected chi connectivity index (χ4v) is 3.38. The lowest BCUT2D eigenvalue weighted by Crippen LogP contribution is -1.99.